The van der Waals surface area contributed by atoms with Gasteiger partial charge in [-0.05, 0) is 17.5 Å². The lowest BCUT2D eigenvalue weighted by Gasteiger charge is -2.30. The number of hydrogen-bond donors (Lipinski definition) is 1. The standard InChI is InChI=1S/C12H13NO3/c1-7(2)10-8-5-3-4-6-9(8)11(14)13(16)12(10)15/h3-7,10,16H,1-2H3. The topological polar surface area (TPSA) is 57.6 Å². The summed E-state index contributed by atoms with van der Waals surface area (Å²) in [5.41, 5.74) is 1.11. The third kappa shape index (κ3) is 1.42. The summed E-state index contributed by atoms with van der Waals surface area (Å²) in [6.07, 6.45) is 0. The number of nitrogens with zero attached hydrogens (tertiary/aromatic N) is 1. The smallest absolute Gasteiger partial charge is 0.278 e. The van der Waals surface area contributed by atoms with Gasteiger partial charge in [0.05, 0.1) is 5.92 Å². The Morgan fingerprint density at radius 1 is 1.25 bits per heavy atom. The second kappa shape index (κ2) is 3.72. The van der Waals surface area contributed by atoms with Crippen LogP contribution in [-0.2, 0) is 4.79 Å². The second-order valence-corrected chi connectivity index (χ2v) is 4.26. The van der Waals surface area contributed by atoms with Crippen molar-refractivity contribution >= 4 is 11.8 Å². The zero-order chi connectivity index (χ0) is 11.9. The highest BCUT2D eigenvalue weighted by molar-refractivity contribution is 6.10. The number of fused-ring (bicyclic) bond motifs is 1. The number of benzene rings is 1. The summed E-state index contributed by atoms with van der Waals surface area (Å²) in [5.74, 6) is -1.59. The van der Waals surface area contributed by atoms with Crippen LogP contribution < -0.4 is 0 Å². The van der Waals surface area contributed by atoms with Crippen LogP contribution in [0.4, 0.5) is 0 Å². The summed E-state index contributed by atoms with van der Waals surface area (Å²) in [5, 5.41) is 9.68. The van der Waals surface area contributed by atoms with Gasteiger partial charge in [-0.25, -0.2) is 0 Å². The molecule has 0 fully saturated rings. The van der Waals surface area contributed by atoms with Crippen LogP contribution >= 0.6 is 0 Å². The Labute approximate surface area is 93.4 Å². The quantitative estimate of drug-likeness (QED) is 0.578. The van der Waals surface area contributed by atoms with Crippen LogP contribution in [0, 0.1) is 5.92 Å². The van der Waals surface area contributed by atoms with E-state index in [-0.39, 0.29) is 11.0 Å². The molecular formula is C12H13NO3. The van der Waals surface area contributed by atoms with Crippen molar-refractivity contribution in [2.75, 3.05) is 0 Å². The van der Waals surface area contributed by atoms with E-state index in [4.69, 9.17) is 0 Å². The van der Waals surface area contributed by atoms with Gasteiger partial charge in [0.25, 0.3) is 11.8 Å². The molecule has 4 heteroatoms. The maximum atomic E-state index is 11.8. The van der Waals surface area contributed by atoms with Gasteiger partial charge in [-0.1, -0.05) is 32.0 Å². The van der Waals surface area contributed by atoms with E-state index in [1.807, 2.05) is 13.8 Å². The van der Waals surface area contributed by atoms with Gasteiger partial charge in [0, 0.05) is 5.56 Å². The Hall–Kier alpha value is -1.68. The van der Waals surface area contributed by atoms with E-state index >= 15 is 0 Å². The van der Waals surface area contributed by atoms with Crippen molar-refractivity contribution in [1.29, 1.82) is 0 Å². The predicted molar refractivity (Wildman–Crippen MR) is 57.0 cm³/mol. The van der Waals surface area contributed by atoms with Gasteiger partial charge in [0.1, 0.15) is 0 Å². The first-order valence-corrected chi connectivity index (χ1v) is 5.20. The fourth-order valence-corrected chi connectivity index (χ4v) is 2.09. The molecule has 0 aromatic heterocycles. The number of hydroxylamine groups is 2. The SMILES string of the molecule is CC(C)C1C(=O)N(O)C(=O)c2ccccc21. The van der Waals surface area contributed by atoms with Crippen molar-refractivity contribution in [3.63, 3.8) is 0 Å². The summed E-state index contributed by atoms with van der Waals surface area (Å²) in [7, 11) is 0. The van der Waals surface area contributed by atoms with E-state index in [9.17, 15) is 14.8 Å². The van der Waals surface area contributed by atoms with Gasteiger partial charge >= 0.3 is 0 Å². The minimum atomic E-state index is -0.641. The van der Waals surface area contributed by atoms with E-state index in [0.29, 0.717) is 11.1 Å². The molecule has 0 saturated carbocycles. The minimum Gasteiger partial charge on any atom is -0.278 e. The van der Waals surface area contributed by atoms with Gasteiger partial charge in [-0.3, -0.25) is 14.8 Å². The van der Waals surface area contributed by atoms with Crippen LogP contribution in [-0.4, -0.2) is 22.1 Å². The average molecular weight is 219 g/mol. The lowest BCUT2D eigenvalue weighted by atomic mass is 9.82. The van der Waals surface area contributed by atoms with Gasteiger partial charge in [-0.15, -0.1) is 0 Å². The van der Waals surface area contributed by atoms with E-state index in [1.165, 1.54) is 0 Å². The predicted octanol–water partition coefficient (Wildman–Crippen LogP) is 1.80. The molecule has 1 N–H and O–H groups in total. The molecule has 1 aliphatic heterocycles. The van der Waals surface area contributed by atoms with Gasteiger partial charge in [0.15, 0.2) is 0 Å². The fraction of sp³-hybridized carbons (Fsp3) is 0.333. The van der Waals surface area contributed by atoms with Crippen LogP contribution in [0.5, 0.6) is 0 Å². The van der Waals surface area contributed by atoms with Crippen LogP contribution in [0.1, 0.15) is 35.7 Å². The van der Waals surface area contributed by atoms with Crippen molar-refractivity contribution in [3.05, 3.63) is 35.4 Å². The number of hydrogen-bond acceptors (Lipinski definition) is 3. The molecule has 0 saturated heterocycles. The lowest BCUT2D eigenvalue weighted by molar-refractivity contribution is -0.157. The molecule has 4 nitrogen and oxygen atoms in total. The maximum Gasteiger partial charge on any atom is 0.284 e. The first-order valence-electron chi connectivity index (χ1n) is 5.20. The average Bonchev–Trinajstić information content (AvgIpc) is 2.26. The second-order valence-electron chi connectivity index (χ2n) is 4.26. The first kappa shape index (κ1) is 10.8. The Morgan fingerprint density at radius 3 is 2.50 bits per heavy atom. The Balaban J connectivity index is 2.61. The number of amides is 2. The monoisotopic (exact) mass is 219 g/mol. The van der Waals surface area contributed by atoms with Crippen molar-refractivity contribution in [2.45, 2.75) is 19.8 Å². The lowest BCUT2D eigenvalue weighted by Crippen LogP contribution is -2.44. The molecule has 1 atom stereocenters. The molecule has 0 spiro atoms. The van der Waals surface area contributed by atoms with Crippen LogP contribution in [0.15, 0.2) is 24.3 Å². The third-order valence-corrected chi connectivity index (χ3v) is 2.86. The summed E-state index contributed by atoms with van der Waals surface area (Å²) in [6, 6.07) is 6.91. The highest BCUT2D eigenvalue weighted by Crippen LogP contribution is 2.33. The normalized spacial score (nSPS) is 20.2. The van der Waals surface area contributed by atoms with E-state index < -0.39 is 17.7 Å². The highest BCUT2D eigenvalue weighted by atomic mass is 16.5. The van der Waals surface area contributed by atoms with Crippen LogP contribution in [0.25, 0.3) is 0 Å². The number of rotatable bonds is 1. The molecule has 84 valence electrons. The van der Waals surface area contributed by atoms with Gasteiger partial charge in [-0.2, -0.15) is 5.06 Å². The molecule has 0 aliphatic carbocycles. The molecular weight excluding hydrogens is 206 g/mol. The van der Waals surface area contributed by atoms with E-state index in [0.717, 1.165) is 0 Å². The summed E-state index contributed by atoms with van der Waals surface area (Å²) in [6.45, 7) is 3.78. The van der Waals surface area contributed by atoms with Crippen molar-refractivity contribution in [2.24, 2.45) is 5.92 Å². The van der Waals surface area contributed by atoms with Crippen molar-refractivity contribution in [1.82, 2.24) is 5.06 Å². The zero-order valence-corrected chi connectivity index (χ0v) is 9.18. The summed E-state index contributed by atoms with van der Waals surface area (Å²) >= 11 is 0. The number of imide groups is 1. The first-order chi connectivity index (χ1) is 7.54. The molecule has 0 radical (unpaired) electrons. The Kier molecular flexibility index (Phi) is 2.52. The van der Waals surface area contributed by atoms with Crippen molar-refractivity contribution in [3.8, 4) is 0 Å². The minimum absolute atomic E-state index is 0.0383. The van der Waals surface area contributed by atoms with E-state index in [1.54, 1.807) is 24.3 Å². The number of carbonyl (C=O) groups excluding carboxylic acids is 2. The Morgan fingerprint density at radius 2 is 1.88 bits per heavy atom. The molecule has 2 amide bonds. The van der Waals surface area contributed by atoms with Crippen LogP contribution in [0.2, 0.25) is 0 Å². The molecule has 2 rings (SSSR count). The molecule has 0 bridgehead atoms. The Bertz CT molecular complexity index is 453. The molecule has 16 heavy (non-hydrogen) atoms. The highest BCUT2D eigenvalue weighted by Gasteiger charge is 2.39. The van der Waals surface area contributed by atoms with E-state index in [2.05, 4.69) is 0 Å². The fourth-order valence-electron chi connectivity index (χ4n) is 2.09. The molecule has 1 aromatic rings. The largest absolute Gasteiger partial charge is 0.284 e. The molecule has 1 heterocycles. The molecule has 1 aromatic carbocycles. The molecule has 1 unspecified atom stereocenters. The molecule has 1 aliphatic rings. The zero-order valence-electron chi connectivity index (χ0n) is 9.18. The summed E-state index contributed by atoms with van der Waals surface area (Å²) < 4.78 is 0. The maximum absolute atomic E-state index is 11.8. The van der Waals surface area contributed by atoms with Gasteiger partial charge in [0.2, 0.25) is 0 Å². The van der Waals surface area contributed by atoms with Crippen LogP contribution in [0.3, 0.4) is 0 Å². The number of carbonyl (C=O) groups is 2. The summed E-state index contributed by atoms with van der Waals surface area (Å²) in [4.78, 5) is 23.4. The third-order valence-electron chi connectivity index (χ3n) is 2.86. The van der Waals surface area contributed by atoms with Crippen molar-refractivity contribution < 1.29 is 14.8 Å². The van der Waals surface area contributed by atoms with Gasteiger partial charge < -0.3 is 0 Å².